The number of nitrogens with one attached hydrogen (secondary N) is 1. The number of nitrogens with zero attached hydrogens (tertiary/aromatic N) is 1. The molecule has 4 heteroatoms. The fraction of sp³-hybridized carbons (Fsp3) is 0.562. The van der Waals surface area contributed by atoms with Crippen molar-refractivity contribution in [1.29, 1.82) is 5.26 Å². The highest BCUT2D eigenvalue weighted by Gasteiger charge is 2.21. The molecule has 0 aliphatic heterocycles. The first-order valence-corrected chi connectivity index (χ1v) is 7.12. The Kier molecular flexibility index (Phi) is 7.71. The average Bonchev–Trinajstić information content (AvgIpc) is 2.47. The number of rotatable bonds is 10. The van der Waals surface area contributed by atoms with E-state index >= 15 is 0 Å². The molecule has 4 nitrogen and oxygen atoms in total. The van der Waals surface area contributed by atoms with Crippen LogP contribution in [-0.2, 0) is 4.74 Å². The summed E-state index contributed by atoms with van der Waals surface area (Å²) in [4.78, 5) is 0. The quantitative estimate of drug-likeness (QED) is 0.668. The third kappa shape index (κ3) is 6.55. The van der Waals surface area contributed by atoms with Crippen molar-refractivity contribution in [3.8, 4) is 11.8 Å². The smallest absolute Gasteiger partial charge is 0.119 e. The second kappa shape index (κ2) is 9.35. The van der Waals surface area contributed by atoms with Gasteiger partial charge in [-0.2, -0.15) is 5.26 Å². The van der Waals surface area contributed by atoms with Gasteiger partial charge in [0.2, 0.25) is 0 Å². The summed E-state index contributed by atoms with van der Waals surface area (Å²) in [7, 11) is 0. The standard InChI is InChI=1S/C16H24N2O2/c1-3-18-16(2,14-17)10-7-11-19-12-13-20-15-8-5-4-6-9-15/h4-6,8-9,18H,3,7,10-13H2,1-2H3. The summed E-state index contributed by atoms with van der Waals surface area (Å²) in [5.41, 5.74) is -0.446. The first-order valence-electron chi connectivity index (χ1n) is 7.12. The van der Waals surface area contributed by atoms with Crippen molar-refractivity contribution < 1.29 is 9.47 Å². The lowest BCUT2D eigenvalue weighted by Gasteiger charge is -2.22. The van der Waals surface area contributed by atoms with Gasteiger partial charge in [0.25, 0.3) is 0 Å². The van der Waals surface area contributed by atoms with E-state index in [4.69, 9.17) is 14.7 Å². The van der Waals surface area contributed by atoms with Crippen LogP contribution < -0.4 is 10.1 Å². The minimum Gasteiger partial charge on any atom is -0.491 e. The van der Waals surface area contributed by atoms with Gasteiger partial charge < -0.3 is 9.47 Å². The Morgan fingerprint density at radius 3 is 2.60 bits per heavy atom. The van der Waals surface area contributed by atoms with Crippen molar-refractivity contribution in [3.05, 3.63) is 30.3 Å². The Hall–Kier alpha value is -1.57. The van der Waals surface area contributed by atoms with Crippen LogP contribution in [-0.4, -0.2) is 31.9 Å². The van der Waals surface area contributed by atoms with Gasteiger partial charge in [0.15, 0.2) is 0 Å². The molecular formula is C16H24N2O2. The zero-order valence-electron chi connectivity index (χ0n) is 12.4. The fourth-order valence-corrected chi connectivity index (χ4v) is 1.94. The molecule has 0 radical (unpaired) electrons. The highest BCUT2D eigenvalue weighted by molar-refractivity contribution is 5.20. The zero-order chi connectivity index (χ0) is 14.7. The maximum atomic E-state index is 9.11. The number of para-hydroxylation sites is 1. The fourth-order valence-electron chi connectivity index (χ4n) is 1.94. The van der Waals surface area contributed by atoms with Crippen LogP contribution in [0.4, 0.5) is 0 Å². The van der Waals surface area contributed by atoms with E-state index in [1.807, 2.05) is 44.2 Å². The van der Waals surface area contributed by atoms with Gasteiger partial charge in [-0.05, 0) is 38.4 Å². The first-order chi connectivity index (χ1) is 9.70. The predicted octanol–water partition coefficient (Wildman–Crippen LogP) is 2.75. The van der Waals surface area contributed by atoms with Gasteiger partial charge in [0, 0.05) is 6.61 Å². The van der Waals surface area contributed by atoms with Gasteiger partial charge in [-0.1, -0.05) is 25.1 Å². The molecule has 0 bridgehead atoms. The van der Waals surface area contributed by atoms with Crippen LogP contribution in [0.1, 0.15) is 26.7 Å². The molecule has 1 atom stereocenters. The van der Waals surface area contributed by atoms with Crippen molar-refractivity contribution in [2.24, 2.45) is 0 Å². The van der Waals surface area contributed by atoms with Gasteiger partial charge in [-0.3, -0.25) is 5.32 Å². The maximum Gasteiger partial charge on any atom is 0.119 e. The molecule has 0 aliphatic carbocycles. The topological polar surface area (TPSA) is 54.3 Å². The third-order valence-corrected chi connectivity index (χ3v) is 3.02. The van der Waals surface area contributed by atoms with Crippen molar-refractivity contribution in [3.63, 3.8) is 0 Å². The molecule has 0 saturated heterocycles. The molecule has 0 heterocycles. The molecule has 20 heavy (non-hydrogen) atoms. The predicted molar refractivity (Wildman–Crippen MR) is 79.7 cm³/mol. The molecule has 0 aromatic heterocycles. The molecule has 0 spiro atoms. The molecule has 0 aliphatic rings. The first kappa shape index (κ1) is 16.5. The molecule has 0 fully saturated rings. The summed E-state index contributed by atoms with van der Waals surface area (Å²) in [6.45, 7) is 6.50. The monoisotopic (exact) mass is 276 g/mol. The molecule has 1 rings (SSSR count). The van der Waals surface area contributed by atoms with Crippen molar-refractivity contribution >= 4 is 0 Å². The molecule has 1 aromatic rings. The lowest BCUT2D eigenvalue weighted by molar-refractivity contribution is 0.0947. The van der Waals surface area contributed by atoms with Crippen molar-refractivity contribution in [1.82, 2.24) is 5.32 Å². The van der Waals surface area contributed by atoms with E-state index in [0.29, 0.717) is 19.8 Å². The van der Waals surface area contributed by atoms with E-state index in [1.54, 1.807) is 0 Å². The minimum atomic E-state index is -0.446. The third-order valence-electron chi connectivity index (χ3n) is 3.02. The SMILES string of the molecule is CCNC(C)(C#N)CCCOCCOc1ccccc1. The Morgan fingerprint density at radius 1 is 1.20 bits per heavy atom. The van der Waals surface area contributed by atoms with E-state index < -0.39 is 5.54 Å². The number of hydrogen-bond donors (Lipinski definition) is 1. The lowest BCUT2D eigenvalue weighted by atomic mass is 9.98. The largest absolute Gasteiger partial charge is 0.491 e. The van der Waals surface area contributed by atoms with Crippen LogP contribution in [0.15, 0.2) is 30.3 Å². The van der Waals surface area contributed by atoms with Crippen LogP contribution >= 0.6 is 0 Å². The number of hydrogen-bond acceptors (Lipinski definition) is 4. The Balaban J connectivity index is 2.04. The lowest BCUT2D eigenvalue weighted by Crippen LogP contribution is -2.40. The summed E-state index contributed by atoms with van der Waals surface area (Å²) in [5.74, 6) is 0.861. The molecule has 1 unspecified atom stereocenters. The molecule has 1 N–H and O–H groups in total. The van der Waals surface area contributed by atoms with E-state index in [-0.39, 0.29) is 0 Å². The van der Waals surface area contributed by atoms with Gasteiger partial charge in [-0.15, -0.1) is 0 Å². The summed E-state index contributed by atoms with van der Waals surface area (Å²) >= 11 is 0. The van der Waals surface area contributed by atoms with Gasteiger partial charge in [0.05, 0.1) is 12.7 Å². The summed E-state index contributed by atoms with van der Waals surface area (Å²) in [5, 5.41) is 12.3. The molecule has 110 valence electrons. The normalized spacial score (nSPS) is 13.4. The second-order valence-corrected chi connectivity index (χ2v) is 4.85. The van der Waals surface area contributed by atoms with Crippen LogP contribution in [0.2, 0.25) is 0 Å². The van der Waals surface area contributed by atoms with Crippen LogP contribution in [0.3, 0.4) is 0 Å². The van der Waals surface area contributed by atoms with E-state index in [0.717, 1.165) is 25.1 Å². The maximum absolute atomic E-state index is 9.11. The summed E-state index contributed by atoms with van der Waals surface area (Å²) in [6.07, 6.45) is 1.65. The Bertz CT molecular complexity index is 403. The van der Waals surface area contributed by atoms with E-state index in [9.17, 15) is 0 Å². The van der Waals surface area contributed by atoms with Crippen LogP contribution in [0.25, 0.3) is 0 Å². The number of ether oxygens (including phenoxy) is 2. The summed E-state index contributed by atoms with van der Waals surface area (Å²) < 4.78 is 11.0. The highest BCUT2D eigenvalue weighted by Crippen LogP contribution is 2.11. The number of nitriles is 1. The molecule has 0 saturated carbocycles. The summed E-state index contributed by atoms with van der Waals surface area (Å²) in [6, 6.07) is 12.0. The molecular weight excluding hydrogens is 252 g/mol. The molecule has 1 aromatic carbocycles. The van der Waals surface area contributed by atoms with E-state index in [2.05, 4.69) is 11.4 Å². The minimum absolute atomic E-state index is 0.446. The average molecular weight is 276 g/mol. The Labute approximate surface area is 121 Å². The van der Waals surface area contributed by atoms with Crippen molar-refractivity contribution in [2.75, 3.05) is 26.4 Å². The van der Waals surface area contributed by atoms with Crippen molar-refractivity contribution in [2.45, 2.75) is 32.2 Å². The zero-order valence-corrected chi connectivity index (χ0v) is 12.4. The van der Waals surface area contributed by atoms with E-state index in [1.165, 1.54) is 0 Å². The molecule has 0 amide bonds. The Morgan fingerprint density at radius 2 is 1.95 bits per heavy atom. The highest BCUT2D eigenvalue weighted by atomic mass is 16.5. The van der Waals surface area contributed by atoms with Gasteiger partial charge in [0.1, 0.15) is 17.9 Å². The number of benzene rings is 1. The van der Waals surface area contributed by atoms with Crippen LogP contribution in [0, 0.1) is 11.3 Å². The van der Waals surface area contributed by atoms with Crippen LogP contribution in [0.5, 0.6) is 5.75 Å². The van der Waals surface area contributed by atoms with Gasteiger partial charge >= 0.3 is 0 Å². The second-order valence-electron chi connectivity index (χ2n) is 4.85. The van der Waals surface area contributed by atoms with Gasteiger partial charge in [-0.25, -0.2) is 0 Å².